The fourth-order valence-corrected chi connectivity index (χ4v) is 3.56. The Labute approximate surface area is 168 Å². The SMILES string of the molecule is CCN(CC)CCN1C(=O)c2c(ccc(OC)c2OC)C1C(=O)NC(C)(C)C. The highest BCUT2D eigenvalue weighted by atomic mass is 16.5. The van der Waals surface area contributed by atoms with Crippen LogP contribution in [0, 0.1) is 0 Å². The topological polar surface area (TPSA) is 71.1 Å². The summed E-state index contributed by atoms with van der Waals surface area (Å²) in [6.07, 6.45) is 0. The quantitative estimate of drug-likeness (QED) is 0.737. The average molecular weight is 392 g/mol. The maximum atomic E-state index is 13.3. The minimum absolute atomic E-state index is 0.189. The van der Waals surface area contributed by atoms with Gasteiger partial charge in [0.2, 0.25) is 5.91 Å². The fraction of sp³-hybridized carbons (Fsp3) is 0.619. The zero-order valence-electron chi connectivity index (χ0n) is 18.1. The molecule has 0 saturated carbocycles. The van der Waals surface area contributed by atoms with Crippen LogP contribution < -0.4 is 14.8 Å². The molecule has 1 N–H and O–H groups in total. The molecule has 7 heteroatoms. The van der Waals surface area contributed by atoms with Crippen molar-refractivity contribution in [3.05, 3.63) is 23.3 Å². The molecule has 0 bridgehead atoms. The second-order valence-electron chi connectivity index (χ2n) is 7.93. The van der Waals surface area contributed by atoms with Gasteiger partial charge in [0.05, 0.1) is 19.8 Å². The summed E-state index contributed by atoms with van der Waals surface area (Å²) in [5.41, 5.74) is 0.670. The van der Waals surface area contributed by atoms with Crippen LogP contribution in [0.1, 0.15) is 56.6 Å². The number of hydrogen-bond donors (Lipinski definition) is 1. The smallest absolute Gasteiger partial charge is 0.259 e. The number of likely N-dealkylation sites (N-methyl/N-ethyl adjacent to an activating group) is 1. The van der Waals surface area contributed by atoms with Gasteiger partial charge in [-0.1, -0.05) is 19.9 Å². The summed E-state index contributed by atoms with van der Waals surface area (Å²) in [4.78, 5) is 30.3. The second kappa shape index (κ2) is 8.82. The van der Waals surface area contributed by atoms with E-state index in [1.165, 1.54) is 14.2 Å². The van der Waals surface area contributed by atoms with Crippen molar-refractivity contribution in [3.63, 3.8) is 0 Å². The molecule has 2 rings (SSSR count). The Morgan fingerprint density at radius 3 is 2.32 bits per heavy atom. The first-order chi connectivity index (χ1) is 13.2. The first kappa shape index (κ1) is 22.0. The number of rotatable bonds is 8. The predicted octanol–water partition coefficient (Wildman–Crippen LogP) is 2.46. The van der Waals surface area contributed by atoms with Gasteiger partial charge in [-0.3, -0.25) is 9.59 Å². The third-order valence-electron chi connectivity index (χ3n) is 4.96. The number of carbonyl (C=O) groups is 2. The Hall–Kier alpha value is -2.28. The van der Waals surface area contributed by atoms with Crippen LogP contribution in [0.2, 0.25) is 0 Å². The molecule has 1 atom stereocenters. The number of nitrogens with one attached hydrogen (secondary N) is 1. The van der Waals surface area contributed by atoms with E-state index in [0.717, 1.165) is 13.1 Å². The molecule has 1 aliphatic rings. The van der Waals surface area contributed by atoms with E-state index in [1.54, 1.807) is 17.0 Å². The molecule has 1 aromatic rings. The van der Waals surface area contributed by atoms with Gasteiger partial charge < -0.3 is 24.6 Å². The van der Waals surface area contributed by atoms with Gasteiger partial charge >= 0.3 is 0 Å². The molecule has 7 nitrogen and oxygen atoms in total. The molecule has 1 aromatic carbocycles. The van der Waals surface area contributed by atoms with Gasteiger partial charge in [0, 0.05) is 24.2 Å². The zero-order chi connectivity index (χ0) is 21.1. The van der Waals surface area contributed by atoms with Crippen molar-refractivity contribution in [2.75, 3.05) is 40.4 Å². The summed E-state index contributed by atoms with van der Waals surface area (Å²) in [5.74, 6) is 0.470. The molecular formula is C21H33N3O4. The van der Waals surface area contributed by atoms with Crippen LogP contribution >= 0.6 is 0 Å². The van der Waals surface area contributed by atoms with Gasteiger partial charge in [-0.05, 0) is 39.9 Å². The molecule has 0 fully saturated rings. The van der Waals surface area contributed by atoms with Gasteiger partial charge in [0.1, 0.15) is 6.04 Å². The number of nitrogens with zero attached hydrogens (tertiary/aromatic N) is 2. The Morgan fingerprint density at radius 2 is 1.82 bits per heavy atom. The van der Waals surface area contributed by atoms with Crippen molar-refractivity contribution >= 4 is 11.8 Å². The lowest BCUT2D eigenvalue weighted by atomic mass is 10.0. The van der Waals surface area contributed by atoms with E-state index in [2.05, 4.69) is 24.1 Å². The molecule has 1 heterocycles. The minimum Gasteiger partial charge on any atom is -0.493 e. The van der Waals surface area contributed by atoms with Crippen molar-refractivity contribution in [2.45, 2.75) is 46.2 Å². The molecule has 0 radical (unpaired) electrons. The maximum absolute atomic E-state index is 13.3. The average Bonchev–Trinajstić information content (AvgIpc) is 2.92. The summed E-state index contributed by atoms with van der Waals surface area (Å²) >= 11 is 0. The van der Waals surface area contributed by atoms with Gasteiger partial charge in [-0.15, -0.1) is 0 Å². The number of methoxy groups -OCH3 is 2. The van der Waals surface area contributed by atoms with E-state index in [1.807, 2.05) is 20.8 Å². The van der Waals surface area contributed by atoms with Crippen LogP contribution in [-0.2, 0) is 4.79 Å². The highest BCUT2D eigenvalue weighted by Gasteiger charge is 2.44. The van der Waals surface area contributed by atoms with Crippen LogP contribution in [0.25, 0.3) is 0 Å². The van der Waals surface area contributed by atoms with E-state index in [0.29, 0.717) is 35.7 Å². The van der Waals surface area contributed by atoms with Crippen molar-refractivity contribution < 1.29 is 19.1 Å². The highest BCUT2D eigenvalue weighted by Crippen LogP contribution is 2.43. The Morgan fingerprint density at radius 1 is 1.18 bits per heavy atom. The number of fused-ring (bicyclic) bond motifs is 1. The Kier molecular flexibility index (Phi) is 6.93. The minimum atomic E-state index is -0.683. The Bertz CT molecular complexity index is 723. The summed E-state index contributed by atoms with van der Waals surface area (Å²) in [5, 5.41) is 3.02. The monoisotopic (exact) mass is 391 g/mol. The predicted molar refractivity (Wildman–Crippen MR) is 109 cm³/mol. The third kappa shape index (κ3) is 4.41. The van der Waals surface area contributed by atoms with Crippen molar-refractivity contribution in [1.29, 1.82) is 0 Å². The first-order valence-electron chi connectivity index (χ1n) is 9.78. The van der Waals surface area contributed by atoms with E-state index >= 15 is 0 Å². The number of carbonyl (C=O) groups excluding carboxylic acids is 2. The van der Waals surface area contributed by atoms with Crippen LogP contribution in [-0.4, -0.2) is 67.6 Å². The van der Waals surface area contributed by atoms with E-state index in [9.17, 15) is 9.59 Å². The molecule has 156 valence electrons. The number of hydrogen-bond acceptors (Lipinski definition) is 5. The molecule has 1 aliphatic heterocycles. The molecule has 28 heavy (non-hydrogen) atoms. The van der Waals surface area contributed by atoms with Gasteiger partial charge in [0.25, 0.3) is 5.91 Å². The molecule has 0 spiro atoms. The van der Waals surface area contributed by atoms with Crippen molar-refractivity contribution in [3.8, 4) is 11.5 Å². The number of ether oxygens (including phenoxy) is 2. The third-order valence-corrected chi connectivity index (χ3v) is 4.96. The van der Waals surface area contributed by atoms with E-state index < -0.39 is 11.6 Å². The van der Waals surface area contributed by atoms with Crippen LogP contribution in [0.15, 0.2) is 12.1 Å². The lowest BCUT2D eigenvalue weighted by Crippen LogP contribution is -2.48. The summed E-state index contributed by atoms with van der Waals surface area (Å²) < 4.78 is 10.8. The standard InChI is InChI=1S/C21H33N3O4/c1-8-23(9-2)12-13-24-17(19(25)22-21(3,4)5)14-10-11-15(27-6)18(28-7)16(14)20(24)26/h10-11,17H,8-9,12-13H2,1-7H3,(H,22,25). The molecule has 0 saturated heterocycles. The normalized spacial score (nSPS) is 16.4. The lowest BCUT2D eigenvalue weighted by Gasteiger charge is -2.30. The molecule has 2 amide bonds. The number of amides is 2. The van der Waals surface area contributed by atoms with Gasteiger partial charge in [0.15, 0.2) is 11.5 Å². The van der Waals surface area contributed by atoms with E-state index in [-0.39, 0.29) is 11.8 Å². The van der Waals surface area contributed by atoms with Gasteiger partial charge in [-0.25, -0.2) is 0 Å². The zero-order valence-corrected chi connectivity index (χ0v) is 18.1. The van der Waals surface area contributed by atoms with E-state index in [4.69, 9.17) is 9.47 Å². The Balaban J connectivity index is 2.47. The van der Waals surface area contributed by atoms with Crippen molar-refractivity contribution in [1.82, 2.24) is 15.1 Å². The van der Waals surface area contributed by atoms with Crippen LogP contribution in [0.5, 0.6) is 11.5 Å². The maximum Gasteiger partial charge on any atom is 0.259 e. The largest absolute Gasteiger partial charge is 0.493 e. The summed E-state index contributed by atoms with van der Waals surface area (Å²) in [6, 6.07) is 2.85. The fourth-order valence-electron chi connectivity index (χ4n) is 3.56. The van der Waals surface area contributed by atoms with Crippen molar-refractivity contribution in [2.24, 2.45) is 0 Å². The van der Waals surface area contributed by atoms with Crippen LogP contribution in [0.4, 0.5) is 0 Å². The summed E-state index contributed by atoms with van der Waals surface area (Å²) in [6.45, 7) is 12.9. The lowest BCUT2D eigenvalue weighted by molar-refractivity contribution is -0.127. The molecular weight excluding hydrogens is 358 g/mol. The van der Waals surface area contributed by atoms with Gasteiger partial charge in [-0.2, -0.15) is 0 Å². The second-order valence-corrected chi connectivity index (χ2v) is 7.93. The molecule has 0 aromatic heterocycles. The summed E-state index contributed by atoms with van der Waals surface area (Å²) in [7, 11) is 3.04. The molecule has 0 aliphatic carbocycles. The number of benzene rings is 1. The highest BCUT2D eigenvalue weighted by molar-refractivity contribution is 6.07. The molecule has 1 unspecified atom stereocenters. The first-order valence-corrected chi connectivity index (χ1v) is 9.78. The van der Waals surface area contributed by atoms with Crippen LogP contribution in [0.3, 0.4) is 0 Å².